The highest BCUT2D eigenvalue weighted by Crippen LogP contribution is 2.34. The Morgan fingerprint density at radius 2 is 2.11 bits per heavy atom. The number of hydrogen-bond donors (Lipinski definition) is 2. The molecule has 3 N–H and O–H groups in total. The first-order valence-electron chi connectivity index (χ1n) is 5.37. The summed E-state index contributed by atoms with van der Waals surface area (Å²) in [6, 6.07) is 3.48. The van der Waals surface area contributed by atoms with Crippen LogP contribution in [0.15, 0.2) is 28.3 Å². The molecule has 0 aliphatic rings. The molecule has 0 spiro atoms. The van der Waals surface area contributed by atoms with Crippen LogP contribution in [0.5, 0.6) is 0 Å². The lowest BCUT2D eigenvalue weighted by molar-refractivity contribution is -0.137. The quantitative estimate of drug-likeness (QED) is 0.911. The summed E-state index contributed by atoms with van der Waals surface area (Å²) in [5, 5.41) is 7.04. The van der Waals surface area contributed by atoms with Crippen LogP contribution in [0.1, 0.15) is 17.0 Å². The third-order valence-corrected chi connectivity index (χ3v) is 3.37. The lowest BCUT2D eigenvalue weighted by atomic mass is 10.1. The van der Waals surface area contributed by atoms with Crippen LogP contribution in [0, 0.1) is 6.92 Å². The number of rotatable bonds is 3. The van der Waals surface area contributed by atoms with Gasteiger partial charge >= 0.3 is 6.18 Å². The third-order valence-electron chi connectivity index (χ3n) is 2.39. The first-order valence-corrected chi connectivity index (χ1v) is 6.19. The number of aromatic nitrogens is 3. The zero-order chi connectivity index (χ0) is 14.0. The van der Waals surface area contributed by atoms with E-state index in [1.807, 2.05) is 0 Å². The van der Waals surface area contributed by atoms with Crippen LogP contribution >= 0.6 is 11.8 Å². The molecule has 0 fully saturated rings. The number of aromatic amines is 1. The standard InChI is InChI=1S/C11H11F3N4S/c1-6-16-10(18-17-6)19-9-3-2-8(11(12,13)14)4-7(9)5-15/h2-4H,5,15H2,1H3,(H,16,17,18). The average molecular weight is 288 g/mol. The summed E-state index contributed by atoms with van der Waals surface area (Å²) in [7, 11) is 0. The van der Waals surface area contributed by atoms with Crippen molar-refractivity contribution in [2.75, 3.05) is 0 Å². The van der Waals surface area contributed by atoms with Gasteiger partial charge in [-0.15, -0.1) is 5.10 Å². The first kappa shape index (κ1) is 13.9. The molecule has 0 saturated carbocycles. The zero-order valence-corrected chi connectivity index (χ0v) is 10.8. The number of nitrogens with two attached hydrogens (primary N) is 1. The minimum Gasteiger partial charge on any atom is -0.326 e. The van der Waals surface area contributed by atoms with Crippen molar-refractivity contribution < 1.29 is 13.2 Å². The van der Waals surface area contributed by atoms with Gasteiger partial charge in [-0.2, -0.15) is 13.2 Å². The number of aryl methyl sites for hydroxylation is 1. The fraction of sp³-hybridized carbons (Fsp3) is 0.273. The lowest BCUT2D eigenvalue weighted by Crippen LogP contribution is -2.07. The van der Waals surface area contributed by atoms with Crippen molar-refractivity contribution in [3.63, 3.8) is 0 Å². The van der Waals surface area contributed by atoms with Crippen LogP contribution in [-0.4, -0.2) is 15.2 Å². The van der Waals surface area contributed by atoms with Crippen LogP contribution in [0.3, 0.4) is 0 Å². The van der Waals surface area contributed by atoms with Crippen LogP contribution in [0.25, 0.3) is 0 Å². The second-order valence-electron chi connectivity index (χ2n) is 3.83. The normalized spacial score (nSPS) is 11.8. The van der Waals surface area contributed by atoms with Gasteiger partial charge in [-0.05, 0) is 42.4 Å². The summed E-state index contributed by atoms with van der Waals surface area (Å²) in [5.41, 5.74) is 5.21. The van der Waals surface area contributed by atoms with E-state index >= 15 is 0 Å². The minimum absolute atomic E-state index is 0.0235. The number of nitrogens with one attached hydrogen (secondary N) is 1. The van der Waals surface area contributed by atoms with Crippen molar-refractivity contribution in [3.8, 4) is 0 Å². The van der Waals surface area contributed by atoms with Crippen LogP contribution in [0.4, 0.5) is 13.2 Å². The molecule has 19 heavy (non-hydrogen) atoms. The van der Waals surface area contributed by atoms with E-state index in [0.29, 0.717) is 21.4 Å². The molecule has 0 atom stereocenters. The molecule has 4 nitrogen and oxygen atoms in total. The smallest absolute Gasteiger partial charge is 0.326 e. The molecular formula is C11H11F3N4S. The van der Waals surface area contributed by atoms with E-state index < -0.39 is 11.7 Å². The molecule has 0 aliphatic heterocycles. The Bertz CT molecular complexity index is 580. The molecule has 0 saturated heterocycles. The van der Waals surface area contributed by atoms with Crippen molar-refractivity contribution in [1.82, 2.24) is 15.2 Å². The summed E-state index contributed by atoms with van der Waals surface area (Å²) in [4.78, 5) is 4.71. The zero-order valence-electron chi connectivity index (χ0n) is 9.95. The van der Waals surface area contributed by atoms with Gasteiger partial charge in [0.2, 0.25) is 5.16 Å². The molecule has 1 heterocycles. The van der Waals surface area contributed by atoms with Crippen molar-refractivity contribution in [3.05, 3.63) is 35.2 Å². The lowest BCUT2D eigenvalue weighted by Gasteiger charge is -2.11. The largest absolute Gasteiger partial charge is 0.416 e. The maximum absolute atomic E-state index is 12.6. The predicted octanol–water partition coefficient (Wildman–Crippen LogP) is 2.74. The predicted molar refractivity (Wildman–Crippen MR) is 64.6 cm³/mol. The Morgan fingerprint density at radius 3 is 2.63 bits per heavy atom. The first-order chi connectivity index (χ1) is 8.90. The van der Waals surface area contributed by atoms with Crippen molar-refractivity contribution >= 4 is 11.8 Å². The van der Waals surface area contributed by atoms with E-state index in [0.717, 1.165) is 12.1 Å². The Labute approximate surface area is 111 Å². The van der Waals surface area contributed by atoms with Crippen LogP contribution < -0.4 is 5.73 Å². The van der Waals surface area contributed by atoms with E-state index in [9.17, 15) is 13.2 Å². The summed E-state index contributed by atoms with van der Waals surface area (Å²) >= 11 is 1.18. The van der Waals surface area contributed by atoms with Crippen molar-refractivity contribution in [1.29, 1.82) is 0 Å². The Morgan fingerprint density at radius 1 is 1.37 bits per heavy atom. The van der Waals surface area contributed by atoms with Gasteiger partial charge in [0.1, 0.15) is 5.82 Å². The van der Waals surface area contributed by atoms with Gasteiger partial charge in [0.15, 0.2) is 0 Å². The van der Waals surface area contributed by atoms with Gasteiger partial charge in [0, 0.05) is 11.4 Å². The summed E-state index contributed by atoms with van der Waals surface area (Å²) < 4.78 is 37.8. The highest BCUT2D eigenvalue weighted by molar-refractivity contribution is 7.99. The van der Waals surface area contributed by atoms with Gasteiger partial charge in [-0.1, -0.05) is 0 Å². The topological polar surface area (TPSA) is 67.6 Å². The van der Waals surface area contributed by atoms with Gasteiger partial charge in [0.25, 0.3) is 0 Å². The van der Waals surface area contributed by atoms with Gasteiger partial charge in [-0.25, -0.2) is 4.98 Å². The highest BCUT2D eigenvalue weighted by Gasteiger charge is 2.30. The molecule has 0 radical (unpaired) electrons. The average Bonchev–Trinajstić information content (AvgIpc) is 2.74. The maximum atomic E-state index is 12.6. The monoisotopic (exact) mass is 288 g/mol. The van der Waals surface area contributed by atoms with Crippen molar-refractivity contribution in [2.45, 2.75) is 29.7 Å². The van der Waals surface area contributed by atoms with Gasteiger partial charge in [0.05, 0.1) is 5.56 Å². The maximum Gasteiger partial charge on any atom is 0.416 e. The second-order valence-corrected chi connectivity index (χ2v) is 4.84. The fourth-order valence-corrected chi connectivity index (χ4v) is 2.36. The molecule has 8 heteroatoms. The van der Waals surface area contributed by atoms with E-state index in [-0.39, 0.29) is 6.54 Å². The molecule has 1 aromatic carbocycles. The molecule has 0 bridgehead atoms. The summed E-state index contributed by atoms with van der Waals surface area (Å²) in [6.45, 7) is 1.77. The molecule has 0 amide bonds. The molecule has 1 aromatic heterocycles. The Kier molecular flexibility index (Phi) is 3.81. The number of hydrogen-bond acceptors (Lipinski definition) is 4. The Balaban J connectivity index is 2.31. The van der Waals surface area contributed by atoms with E-state index in [4.69, 9.17) is 5.73 Å². The van der Waals surface area contributed by atoms with E-state index in [1.165, 1.54) is 17.8 Å². The SMILES string of the molecule is Cc1nc(Sc2ccc(C(F)(F)F)cc2CN)n[nH]1. The number of nitrogens with zero attached hydrogens (tertiary/aromatic N) is 2. The molecule has 102 valence electrons. The van der Waals surface area contributed by atoms with E-state index in [1.54, 1.807) is 6.92 Å². The summed E-state index contributed by atoms with van der Waals surface area (Å²) in [6.07, 6.45) is -4.37. The molecule has 2 rings (SSSR count). The van der Waals surface area contributed by atoms with E-state index in [2.05, 4.69) is 15.2 Å². The molecule has 2 aromatic rings. The number of benzene rings is 1. The minimum atomic E-state index is -4.37. The fourth-order valence-electron chi connectivity index (χ4n) is 1.48. The highest BCUT2D eigenvalue weighted by atomic mass is 32.2. The molecular weight excluding hydrogens is 277 g/mol. The molecule has 0 aliphatic carbocycles. The third kappa shape index (κ3) is 3.27. The van der Waals surface area contributed by atoms with Gasteiger partial charge < -0.3 is 5.73 Å². The second kappa shape index (κ2) is 5.22. The Hall–Kier alpha value is -1.54. The summed E-state index contributed by atoms with van der Waals surface area (Å²) in [5.74, 6) is 0.642. The number of alkyl halides is 3. The van der Waals surface area contributed by atoms with Gasteiger partial charge in [-0.3, -0.25) is 5.10 Å². The van der Waals surface area contributed by atoms with Crippen LogP contribution in [-0.2, 0) is 12.7 Å². The van der Waals surface area contributed by atoms with Crippen LogP contribution in [0.2, 0.25) is 0 Å². The van der Waals surface area contributed by atoms with Crippen molar-refractivity contribution in [2.24, 2.45) is 5.73 Å². The molecule has 0 unspecified atom stereocenters. The number of H-pyrrole nitrogens is 1. The number of halogens is 3.